The van der Waals surface area contributed by atoms with Gasteiger partial charge in [0, 0.05) is 55.5 Å². The monoisotopic (exact) mass is 470 g/mol. The van der Waals surface area contributed by atoms with E-state index in [0.717, 1.165) is 11.4 Å². The number of hydrogen-bond acceptors (Lipinski definition) is 5. The highest BCUT2D eigenvalue weighted by Crippen LogP contribution is 2.22. The molecule has 0 aromatic heterocycles. The molecule has 1 atom stereocenters. The summed E-state index contributed by atoms with van der Waals surface area (Å²) in [5.41, 5.74) is 1.52. The number of methoxy groups -OCH3 is 1. The van der Waals surface area contributed by atoms with Crippen molar-refractivity contribution in [2.24, 2.45) is 0 Å². The van der Waals surface area contributed by atoms with Crippen LogP contribution in [0.5, 0.6) is 5.75 Å². The minimum Gasteiger partial charge on any atom is -0.497 e. The van der Waals surface area contributed by atoms with Crippen LogP contribution >= 0.6 is 11.6 Å². The lowest BCUT2D eigenvalue weighted by atomic mass is 10.1. The minimum absolute atomic E-state index is 0.0340. The lowest BCUT2D eigenvalue weighted by Crippen LogP contribution is -2.59. The van der Waals surface area contributed by atoms with E-state index >= 15 is 0 Å². The fraction of sp³-hybridized carbons (Fsp3) is 0.375. The molecule has 2 aromatic carbocycles. The maximum atomic E-state index is 13.0. The SMILES string of the molecule is COc1ccc(N2CCN(C(=O)C[C@H]3C(=O)NCCN3C(=O)c3ccc(Cl)cc3)CC2)cc1. The molecule has 2 heterocycles. The summed E-state index contributed by atoms with van der Waals surface area (Å²) >= 11 is 5.92. The molecule has 0 radical (unpaired) electrons. The summed E-state index contributed by atoms with van der Waals surface area (Å²) in [7, 11) is 1.64. The number of benzene rings is 2. The molecule has 174 valence electrons. The van der Waals surface area contributed by atoms with Gasteiger partial charge in [-0.1, -0.05) is 11.6 Å². The zero-order valence-corrected chi connectivity index (χ0v) is 19.3. The van der Waals surface area contributed by atoms with Crippen LogP contribution < -0.4 is 15.0 Å². The molecule has 2 saturated heterocycles. The smallest absolute Gasteiger partial charge is 0.254 e. The number of amides is 3. The first-order valence-electron chi connectivity index (χ1n) is 11.0. The van der Waals surface area contributed by atoms with Crippen LogP contribution in [0.25, 0.3) is 0 Å². The number of piperazine rings is 2. The summed E-state index contributed by atoms with van der Waals surface area (Å²) < 4.78 is 5.21. The Balaban J connectivity index is 1.38. The van der Waals surface area contributed by atoms with E-state index in [-0.39, 0.29) is 24.1 Å². The van der Waals surface area contributed by atoms with Crippen molar-refractivity contribution in [3.8, 4) is 5.75 Å². The zero-order chi connectivity index (χ0) is 23.4. The van der Waals surface area contributed by atoms with Crippen LogP contribution in [0.2, 0.25) is 5.02 Å². The first-order valence-corrected chi connectivity index (χ1v) is 11.3. The molecule has 4 rings (SSSR count). The second kappa shape index (κ2) is 10.1. The molecule has 2 aliphatic heterocycles. The van der Waals surface area contributed by atoms with Crippen molar-refractivity contribution in [1.82, 2.24) is 15.1 Å². The Morgan fingerprint density at radius 3 is 2.30 bits per heavy atom. The van der Waals surface area contributed by atoms with Gasteiger partial charge in [-0.2, -0.15) is 0 Å². The van der Waals surface area contributed by atoms with Crippen molar-refractivity contribution < 1.29 is 19.1 Å². The Hall–Kier alpha value is -3.26. The number of carbonyl (C=O) groups excluding carboxylic acids is 3. The summed E-state index contributed by atoms with van der Waals surface area (Å²) in [6, 6.07) is 13.6. The molecule has 3 amide bonds. The number of hydrogen-bond donors (Lipinski definition) is 1. The first kappa shape index (κ1) is 22.9. The number of carbonyl (C=O) groups is 3. The van der Waals surface area contributed by atoms with Crippen LogP contribution in [-0.4, -0.2) is 79.9 Å². The molecule has 1 N–H and O–H groups in total. The molecule has 2 fully saturated rings. The predicted octanol–water partition coefficient (Wildman–Crippen LogP) is 2.03. The van der Waals surface area contributed by atoms with Gasteiger partial charge in [0.15, 0.2) is 0 Å². The van der Waals surface area contributed by atoms with E-state index in [0.29, 0.717) is 49.9 Å². The van der Waals surface area contributed by atoms with Gasteiger partial charge in [-0.05, 0) is 48.5 Å². The standard InChI is InChI=1S/C24H27ClN4O4/c1-33-20-8-6-19(7-9-20)27-12-14-28(15-13-27)22(30)16-21-23(31)26-10-11-29(21)24(32)17-2-4-18(25)5-3-17/h2-9,21H,10-16H2,1H3,(H,26,31)/t21-/m0/s1. The van der Waals surface area contributed by atoms with Crippen molar-refractivity contribution in [3.63, 3.8) is 0 Å². The molecule has 2 aliphatic rings. The van der Waals surface area contributed by atoms with Gasteiger partial charge in [0.2, 0.25) is 11.8 Å². The van der Waals surface area contributed by atoms with Crippen molar-refractivity contribution in [1.29, 1.82) is 0 Å². The van der Waals surface area contributed by atoms with E-state index < -0.39 is 6.04 Å². The Kier molecular flexibility index (Phi) is 7.03. The molecule has 0 saturated carbocycles. The van der Waals surface area contributed by atoms with E-state index in [1.807, 2.05) is 24.3 Å². The molecule has 0 spiro atoms. The molecule has 9 heteroatoms. The van der Waals surface area contributed by atoms with Crippen LogP contribution in [0.15, 0.2) is 48.5 Å². The van der Waals surface area contributed by atoms with Crippen molar-refractivity contribution in [3.05, 3.63) is 59.1 Å². The first-order chi connectivity index (χ1) is 16.0. The molecular weight excluding hydrogens is 444 g/mol. The zero-order valence-electron chi connectivity index (χ0n) is 18.5. The fourth-order valence-corrected chi connectivity index (χ4v) is 4.35. The summed E-state index contributed by atoms with van der Waals surface area (Å²) in [5, 5.41) is 3.31. The highest BCUT2D eigenvalue weighted by atomic mass is 35.5. The van der Waals surface area contributed by atoms with Gasteiger partial charge in [0.05, 0.1) is 13.5 Å². The summed E-state index contributed by atoms with van der Waals surface area (Å²) in [5.74, 6) is 0.105. The van der Waals surface area contributed by atoms with Gasteiger partial charge in [0.25, 0.3) is 5.91 Å². The van der Waals surface area contributed by atoms with Crippen LogP contribution in [0.1, 0.15) is 16.8 Å². The quantitative estimate of drug-likeness (QED) is 0.723. The van der Waals surface area contributed by atoms with Gasteiger partial charge in [-0.25, -0.2) is 0 Å². The number of nitrogens with zero attached hydrogens (tertiary/aromatic N) is 3. The average molecular weight is 471 g/mol. The summed E-state index contributed by atoms with van der Waals surface area (Å²) in [6.07, 6.45) is -0.0340. The fourth-order valence-electron chi connectivity index (χ4n) is 4.22. The highest BCUT2D eigenvalue weighted by molar-refractivity contribution is 6.30. The number of ether oxygens (including phenoxy) is 1. The average Bonchev–Trinajstić information content (AvgIpc) is 2.85. The highest BCUT2D eigenvalue weighted by Gasteiger charge is 2.36. The van der Waals surface area contributed by atoms with Gasteiger partial charge in [-0.15, -0.1) is 0 Å². The second-order valence-corrected chi connectivity index (χ2v) is 8.52. The van der Waals surface area contributed by atoms with E-state index in [9.17, 15) is 14.4 Å². The molecule has 0 bridgehead atoms. The third-order valence-electron chi connectivity index (χ3n) is 6.12. The third-order valence-corrected chi connectivity index (χ3v) is 6.37. The van der Waals surface area contributed by atoms with Crippen molar-refractivity contribution in [2.75, 3.05) is 51.3 Å². The third kappa shape index (κ3) is 5.22. The van der Waals surface area contributed by atoms with E-state index in [2.05, 4.69) is 10.2 Å². The molecule has 33 heavy (non-hydrogen) atoms. The van der Waals surface area contributed by atoms with Crippen LogP contribution in [0, 0.1) is 0 Å². The maximum absolute atomic E-state index is 13.0. The van der Waals surface area contributed by atoms with Crippen molar-refractivity contribution in [2.45, 2.75) is 12.5 Å². The Morgan fingerprint density at radius 1 is 1.00 bits per heavy atom. The molecule has 0 aliphatic carbocycles. The summed E-state index contributed by atoms with van der Waals surface area (Å²) in [6.45, 7) is 3.24. The Bertz CT molecular complexity index is 1000. The largest absolute Gasteiger partial charge is 0.497 e. The van der Waals surface area contributed by atoms with Gasteiger partial charge >= 0.3 is 0 Å². The van der Waals surface area contributed by atoms with Crippen molar-refractivity contribution >= 4 is 35.0 Å². The molecule has 2 aromatic rings. The molecule has 8 nitrogen and oxygen atoms in total. The number of halogens is 1. The lowest BCUT2D eigenvalue weighted by Gasteiger charge is -2.39. The molecule has 0 unspecified atom stereocenters. The number of rotatable bonds is 5. The van der Waals surface area contributed by atoms with Crippen LogP contribution in [0.4, 0.5) is 5.69 Å². The molecular formula is C24H27ClN4O4. The topological polar surface area (TPSA) is 82.2 Å². The second-order valence-electron chi connectivity index (χ2n) is 8.08. The number of anilines is 1. The maximum Gasteiger partial charge on any atom is 0.254 e. The van der Waals surface area contributed by atoms with Crippen LogP contribution in [0.3, 0.4) is 0 Å². The van der Waals surface area contributed by atoms with E-state index in [1.54, 1.807) is 36.3 Å². The number of nitrogens with one attached hydrogen (secondary N) is 1. The normalized spacial score (nSPS) is 18.7. The van der Waals surface area contributed by atoms with Gasteiger partial charge in [0.1, 0.15) is 11.8 Å². The van der Waals surface area contributed by atoms with Crippen LogP contribution in [-0.2, 0) is 9.59 Å². The van der Waals surface area contributed by atoms with E-state index in [1.165, 1.54) is 4.90 Å². The van der Waals surface area contributed by atoms with Gasteiger partial charge < -0.3 is 24.8 Å². The Labute approximate surface area is 198 Å². The minimum atomic E-state index is -0.825. The predicted molar refractivity (Wildman–Crippen MR) is 126 cm³/mol. The Morgan fingerprint density at radius 2 is 1.67 bits per heavy atom. The summed E-state index contributed by atoms with van der Waals surface area (Å²) in [4.78, 5) is 44.1. The van der Waals surface area contributed by atoms with E-state index in [4.69, 9.17) is 16.3 Å². The lowest BCUT2D eigenvalue weighted by molar-refractivity contribution is -0.138. The van der Waals surface area contributed by atoms with Gasteiger partial charge in [-0.3, -0.25) is 14.4 Å².